The molecule has 0 amide bonds. The highest BCUT2D eigenvalue weighted by atomic mass is 14.7. The van der Waals surface area contributed by atoms with Crippen LogP contribution in [0, 0.1) is 18.3 Å². The molecule has 1 atom stereocenters. The molecule has 1 rings (SSSR count). The molecule has 2 N–H and O–H groups in total. The SMILES string of the molecule is C#C[C@H](N)C1CC1. The van der Waals surface area contributed by atoms with Gasteiger partial charge >= 0.3 is 0 Å². The summed E-state index contributed by atoms with van der Waals surface area (Å²) in [5, 5.41) is 0. The maximum Gasteiger partial charge on any atom is 0.0690 e. The van der Waals surface area contributed by atoms with E-state index in [1.54, 1.807) is 0 Å². The minimum absolute atomic E-state index is 0.0417. The van der Waals surface area contributed by atoms with Gasteiger partial charge in [-0.2, -0.15) is 0 Å². The molecule has 0 bridgehead atoms. The summed E-state index contributed by atoms with van der Waals surface area (Å²) in [6.07, 6.45) is 7.52. The van der Waals surface area contributed by atoms with Crippen LogP contribution in [-0.2, 0) is 0 Å². The van der Waals surface area contributed by atoms with Crippen LogP contribution in [0.2, 0.25) is 0 Å². The van der Waals surface area contributed by atoms with Crippen LogP contribution in [0.5, 0.6) is 0 Å². The first-order valence-corrected chi connectivity index (χ1v) is 2.56. The fourth-order valence-corrected chi connectivity index (χ4v) is 0.591. The van der Waals surface area contributed by atoms with E-state index in [1.807, 2.05) is 0 Å². The summed E-state index contributed by atoms with van der Waals surface area (Å²) >= 11 is 0. The number of hydrogen-bond acceptors (Lipinski definition) is 1. The summed E-state index contributed by atoms with van der Waals surface area (Å²) in [4.78, 5) is 0. The molecular weight excluding hydrogens is 86.1 g/mol. The number of hydrogen-bond donors (Lipinski definition) is 1. The lowest BCUT2D eigenvalue weighted by Crippen LogP contribution is -2.18. The van der Waals surface area contributed by atoms with Crippen LogP contribution >= 0.6 is 0 Å². The van der Waals surface area contributed by atoms with Crippen LogP contribution < -0.4 is 5.73 Å². The molecule has 0 aliphatic heterocycles. The predicted molar refractivity (Wildman–Crippen MR) is 29.5 cm³/mol. The van der Waals surface area contributed by atoms with Crippen molar-refractivity contribution in [3.63, 3.8) is 0 Å². The van der Waals surface area contributed by atoms with E-state index in [0.717, 1.165) is 0 Å². The average Bonchev–Trinajstić information content (AvgIpc) is 2.44. The number of terminal acetylenes is 1. The molecule has 7 heavy (non-hydrogen) atoms. The summed E-state index contributed by atoms with van der Waals surface area (Å²) in [5.74, 6) is 3.16. The van der Waals surface area contributed by atoms with Gasteiger partial charge in [0.1, 0.15) is 0 Å². The lowest BCUT2D eigenvalue weighted by atomic mass is 10.2. The van der Waals surface area contributed by atoms with Crippen molar-refractivity contribution < 1.29 is 0 Å². The fraction of sp³-hybridized carbons (Fsp3) is 0.667. The number of rotatable bonds is 1. The van der Waals surface area contributed by atoms with Crippen molar-refractivity contribution in [2.24, 2.45) is 11.7 Å². The molecule has 0 aromatic rings. The second kappa shape index (κ2) is 1.55. The molecule has 38 valence electrons. The van der Waals surface area contributed by atoms with Gasteiger partial charge in [-0.15, -0.1) is 6.42 Å². The topological polar surface area (TPSA) is 26.0 Å². The molecule has 0 spiro atoms. The summed E-state index contributed by atoms with van der Waals surface area (Å²) in [5.41, 5.74) is 5.44. The van der Waals surface area contributed by atoms with Gasteiger partial charge in [0.25, 0.3) is 0 Å². The van der Waals surface area contributed by atoms with E-state index in [-0.39, 0.29) is 6.04 Å². The van der Waals surface area contributed by atoms with E-state index in [1.165, 1.54) is 12.8 Å². The van der Waals surface area contributed by atoms with Crippen LogP contribution in [0.4, 0.5) is 0 Å². The Bertz CT molecular complexity index is 97.2. The predicted octanol–water partition coefficient (Wildman–Crippen LogP) is 0.357. The Morgan fingerprint density at radius 1 is 1.71 bits per heavy atom. The molecule has 0 radical (unpaired) electrons. The molecule has 1 aliphatic carbocycles. The molecule has 0 heterocycles. The third kappa shape index (κ3) is 0.942. The quantitative estimate of drug-likeness (QED) is 0.467. The first kappa shape index (κ1) is 4.67. The lowest BCUT2D eigenvalue weighted by Gasteiger charge is -1.95. The Kier molecular flexibility index (Phi) is 1.04. The van der Waals surface area contributed by atoms with Gasteiger partial charge in [-0.3, -0.25) is 0 Å². The normalized spacial score (nSPS) is 23.4. The first-order valence-electron chi connectivity index (χ1n) is 2.56. The first-order chi connectivity index (χ1) is 3.34. The summed E-state index contributed by atoms with van der Waals surface area (Å²) < 4.78 is 0. The van der Waals surface area contributed by atoms with E-state index >= 15 is 0 Å². The Balaban J connectivity index is 2.27. The molecular formula is C6H9N. The van der Waals surface area contributed by atoms with Crippen molar-refractivity contribution in [2.75, 3.05) is 0 Å². The highest BCUT2D eigenvalue weighted by Gasteiger charge is 2.26. The summed E-state index contributed by atoms with van der Waals surface area (Å²) in [6, 6.07) is 0.0417. The van der Waals surface area contributed by atoms with Gasteiger partial charge in [-0.1, -0.05) is 5.92 Å². The summed E-state index contributed by atoms with van der Waals surface area (Å²) in [7, 11) is 0. The minimum Gasteiger partial charge on any atom is -0.317 e. The molecule has 1 nitrogen and oxygen atoms in total. The van der Waals surface area contributed by atoms with Crippen molar-refractivity contribution >= 4 is 0 Å². The van der Waals surface area contributed by atoms with E-state index < -0.39 is 0 Å². The molecule has 1 aliphatic rings. The van der Waals surface area contributed by atoms with Crippen molar-refractivity contribution in [2.45, 2.75) is 18.9 Å². The van der Waals surface area contributed by atoms with Gasteiger partial charge in [-0.25, -0.2) is 0 Å². The van der Waals surface area contributed by atoms with Crippen LogP contribution in [-0.4, -0.2) is 6.04 Å². The van der Waals surface area contributed by atoms with Crippen LogP contribution in [0.1, 0.15) is 12.8 Å². The zero-order valence-corrected chi connectivity index (χ0v) is 4.22. The monoisotopic (exact) mass is 95.1 g/mol. The molecule has 0 saturated heterocycles. The molecule has 0 unspecified atom stereocenters. The largest absolute Gasteiger partial charge is 0.317 e. The van der Waals surface area contributed by atoms with Crippen molar-refractivity contribution in [3.05, 3.63) is 0 Å². The second-order valence-corrected chi connectivity index (χ2v) is 2.03. The van der Waals surface area contributed by atoms with Crippen LogP contribution in [0.15, 0.2) is 0 Å². The lowest BCUT2D eigenvalue weighted by molar-refractivity contribution is 0.732. The summed E-state index contributed by atoms with van der Waals surface area (Å²) in [6.45, 7) is 0. The second-order valence-electron chi connectivity index (χ2n) is 2.03. The molecule has 1 heteroatoms. The Morgan fingerprint density at radius 3 is 2.43 bits per heavy atom. The molecule has 0 aromatic heterocycles. The van der Waals surface area contributed by atoms with Gasteiger partial charge in [0, 0.05) is 0 Å². The van der Waals surface area contributed by atoms with Gasteiger partial charge in [-0.05, 0) is 18.8 Å². The van der Waals surface area contributed by atoms with E-state index in [0.29, 0.717) is 5.92 Å². The molecule has 1 fully saturated rings. The van der Waals surface area contributed by atoms with Gasteiger partial charge in [0.2, 0.25) is 0 Å². The molecule has 0 aromatic carbocycles. The Labute approximate surface area is 43.9 Å². The van der Waals surface area contributed by atoms with Gasteiger partial charge < -0.3 is 5.73 Å². The van der Waals surface area contributed by atoms with E-state index in [9.17, 15) is 0 Å². The standard InChI is InChI=1S/C6H9N/c1-2-6(7)5-3-4-5/h1,5-6H,3-4,7H2/t6-/m0/s1. The zero-order chi connectivity index (χ0) is 5.28. The fourth-order valence-electron chi connectivity index (χ4n) is 0.591. The smallest absolute Gasteiger partial charge is 0.0690 e. The zero-order valence-electron chi connectivity index (χ0n) is 4.22. The highest BCUT2D eigenvalue weighted by Crippen LogP contribution is 2.30. The van der Waals surface area contributed by atoms with E-state index in [4.69, 9.17) is 12.2 Å². The number of nitrogens with two attached hydrogens (primary N) is 1. The minimum atomic E-state index is 0.0417. The van der Waals surface area contributed by atoms with Gasteiger partial charge in [0.05, 0.1) is 6.04 Å². The van der Waals surface area contributed by atoms with Crippen LogP contribution in [0.25, 0.3) is 0 Å². The van der Waals surface area contributed by atoms with E-state index in [2.05, 4.69) is 5.92 Å². The van der Waals surface area contributed by atoms with Crippen molar-refractivity contribution in [3.8, 4) is 12.3 Å². The maximum absolute atomic E-state index is 5.44. The highest BCUT2D eigenvalue weighted by molar-refractivity contribution is 5.04. The van der Waals surface area contributed by atoms with Crippen molar-refractivity contribution in [1.82, 2.24) is 0 Å². The van der Waals surface area contributed by atoms with Crippen LogP contribution in [0.3, 0.4) is 0 Å². The molecule has 1 saturated carbocycles. The third-order valence-electron chi connectivity index (χ3n) is 1.32. The Hall–Kier alpha value is -0.480. The van der Waals surface area contributed by atoms with Crippen molar-refractivity contribution in [1.29, 1.82) is 0 Å². The average molecular weight is 95.1 g/mol. The Morgan fingerprint density at radius 2 is 2.29 bits per heavy atom. The third-order valence-corrected chi connectivity index (χ3v) is 1.32. The maximum atomic E-state index is 5.44. The van der Waals surface area contributed by atoms with Gasteiger partial charge in [0.15, 0.2) is 0 Å².